The molecule has 0 bridgehead atoms. The fourth-order valence-electron chi connectivity index (χ4n) is 5.02. The van der Waals surface area contributed by atoms with Crippen LogP contribution in [-0.2, 0) is 26.2 Å². The normalized spacial score (nSPS) is 15.4. The lowest BCUT2D eigenvalue weighted by Gasteiger charge is -2.32. The molecule has 0 unspecified atom stereocenters. The highest BCUT2D eigenvalue weighted by Gasteiger charge is 2.23. The topological polar surface area (TPSA) is 101 Å². The number of benzene rings is 2. The number of piperidine rings is 1. The van der Waals surface area contributed by atoms with E-state index in [0.29, 0.717) is 12.2 Å². The van der Waals surface area contributed by atoms with Crippen LogP contribution in [0.2, 0.25) is 0 Å². The number of nitrogens with zero attached hydrogens (tertiary/aromatic N) is 2. The van der Waals surface area contributed by atoms with Crippen LogP contribution in [0.1, 0.15) is 32.4 Å². The molecule has 0 aliphatic carbocycles. The molecule has 0 atom stereocenters. The van der Waals surface area contributed by atoms with E-state index in [0.717, 1.165) is 54.8 Å². The number of sulfone groups is 2. The van der Waals surface area contributed by atoms with Crippen molar-refractivity contribution in [3.8, 4) is 11.8 Å². The van der Waals surface area contributed by atoms with Crippen molar-refractivity contribution in [3.05, 3.63) is 54.0 Å². The number of rotatable bonds is 10. The molecule has 1 saturated heterocycles. The minimum Gasteiger partial charge on any atom is -0.382 e. The zero-order chi connectivity index (χ0) is 30.7. The Balaban J connectivity index is 1.51. The number of hydrogen-bond donors (Lipinski definition) is 2. The molecule has 1 aromatic heterocycles. The highest BCUT2D eigenvalue weighted by Crippen LogP contribution is 2.30. The Labute approximate surface area is 247 Å². The molecule has 4 rings (SSSR count). The van der Waals surface area contributed by atoms with Crippen LogP contribution in [0.3, 0.4) is 0 Å². The highest BCUT2D eigenvalue weighted by molar-refractivity contribution is 7.91. The minimum atomic E-state index is -3.52. The monoisotopic (exact) mass is 620 g/mol. The molecule has 8 nitrogen and oxygen atoms in total. The van der Waals surface area contributed by atoms with E-state index in [2.05, 4.69) is 27.4 Å². The van der Waals surface area contributed by atoms with Crippen molar-refractivity contribution in [2.24, 2.45) is 0 Å². The first kappa shape index (κ1) is 31.8. The van der Waals surface area contributed by atoms with E-state index in [1.165, 1.54) is 32.2 Å². The maximum Gasteiger partial charge on any atom is 0.175 e. The number of aromatic nitrogens is 1. The Kier molecular flexibility index (Phi) is 9.55. The molecule has 1 aliphatic rings. The van der Waals surface area contributed by atoms with Gasteiger partial charge in [0.25, 0.3) is 0 Å². The summed E-state index contributed by atoms with van der Waals surface area (Å²) in [5, 5.41) is 7.42. The zero-order valence-corrected chi connectivity index (χ0v) is 26.0. The van der Waals surface area contributed by atoms with E-state index in [9.17, 15) is 25.6 Å². The van der Waals surface area contributed by atoms with Gasteiger partial charge < -0.3 is 20.1 Å². The summed E-state index contributed by atoms with van der Waals surface area (Å²) in [6.07, 6.45) is 4.03. The molecule has 2 N–H and O–H groups in total. The molecule has 0 radical (unpaired) electrons. The fraction of sp³-hybridized carbons (Fsp3) is 0.467. The first-order valence-electron chi connectivity index (χ1n) is 13.8. The van der Waals surface area contributed by atoms with Gasteiger partial charge in [0.05, 0.1) is 40.6 Å². The van der Waals surface area contributed by atoms with Crippen molar-refractivity contribution in [1.82, 2.24) is 9.47 Å². The van der Waals surface area contributed by atoms with Gasteiger partial charge in [-0.1, -0.05) is 12.0 Å². The first-order chi connectivity index (χ1) is 19.6. The van der Waals surface area contributed by atoms with E-state index >= 15 is 0 Å². The third kappa shape index (κ3) is 8.69. The van der Waals surface area contributed by atoms with Gasteiger partial charge in [0.15, 0.2) is 9.84 Å². The summed E-state index contributed by atoms with van der Waals surface area (Å²) in [5.41, 5.74) is 1.03. The van der Waals surface area contributed by atoms with Crippen molar-refractivity contribution in [1.29, 1.82) is 0 Å². The van der Waals surface area contributed by atoms with Crippen LogP contribution in [0.4, 0.5) is 20.2 Å². The third-order valence-corrected chi connectivity index (χ3v) is 9.19. The molecule has 2 aromatic carbocycles. The summed E-state index contributed by atoms with van der Waals surface area (Å²) in [6.45, 7) is 5.37. The molecule has 2 heterocycles. The summed E-state index contributed by atoms with van der Waals surface area (Å²) in [7, 11) is -6.51. The SMILES string of the molecule is CC(C)(F)Cn1c(C#CCNc2ccc(S(C)(=O)=O)cc2F)cc2c(NC3CCN(CCS(C)(=O)=O)CC3)cccc21. The van der Waals surface area contributed by atoms with E-state index < -0.39 is 31.2 Å². The number of halogens is 2. The maximum atomic E-state index is 14.9. The van der Waals surface area contributed by atoms with Crippen molar-refractivity contribution >= 4 is 42.0 Å². The average molecular weight is 621 g/mol. The lowest BCUT2D eigenvalue weighted by Crippen LogP contribution is -2.41. The number of nitrogens with one attached hydrogen (secondary N) is 2. The Morgan fingerprint density at radius 3 is 2.36 bits per heavy atom. The van der Waals surface area contributed by atoms with Gasteiger partial charge in [-0.3, -0.25) is 0 Å². The number of anilines is 2. The van der Waals surface area contributed by atoms with Crippen LogP contribution >= 0.6 is 0 Å². The van der Waals surface area contributed by atoms with Crippen molar-refractivity contribution in [2.75, 3.05) is 55.1 Å². The molecular formula is C30H38F2N4O4S2. The second-order valence-corrected chi connectivity index (χ2v) is 15.8. The predicted molar refractivity (Wildman–Crippen MR) is 165 cm³/mol. The summed E-state index contributed by atoms with van der Waals surface area (Å²) in [6, 6.07) is 11.7. The smallest absolute Gasteiger partial charge is 0.175 e. The van der Waals surface area contributed by atoms with Crippen LogP contribution in [0.5, 0.6) is 0 Å². The largest absolute Gasteiger partial charge is 0.382 e. The standard InChI is InChI=1S/C30H38F2N4O4S2/c1-30(2,32)21-36-23(7-6-14-33-28-11-10-24(20-26(28)31)42(4,39)40)19-25-27(8-5-9-29(25)36)34-22-12-15-35(16-13-22)17-18-41(3,37)38/h5,8-11,19-20,22,33-34H,12-18,21H2,1-4H3. The van der Waals surface area contributed by atoms with Crippen molar-refractivity contribution in [2.45, 2.75) is 49.8 Å². The highest BCUT2D eigenvalue weighted by atomic mass is 32.2. The number of likely N-dealkylation sites (tertiary alicyclic amines) is 1. The molecule has 1 aliphatic heterocycles. The zero-order valence-electron chi connectivity index (χ0n) is 24.4. The van der Waals surface area contributed by atoms with Crippen LogP contribution < -0.4 is 10.6 Å². The molecule has 1 fully saturated rings. The summed E-state index contributed by atoms with van der Waals surface area (Å²) >= 11 is 0. The molecule has 0 spiro atoms. The van der Waals surface area contributed by atoms with Gasteiger partial charge in [-0.15, -0.1) is 0 Å². The quantitative estimate of drug-likeness (QED) is 0.326. The van der Waals surface area contributed by atoms with E-state index in [1.54, 1.807) is 0 Å². The van der Waals surface area contributed by atoms with E-state index in [-0.39, 0.29) is 35.5 Å². The van der Waals surface area contributed by atoms with Crippen molar-refractivity contribution < 1.29 is 25.6 Å². The molecule has 42 heavy (non-hydrogen) atoms. The molecular weight excluding hydrogens is 582 g/mol. The minimum absolute atomic E-state index is 0.0949. The van der Waals surface area contributed by atoms with E-state index in [1.807, 2.05) is 28.8 Å². The van der Waals surface area contributed by atoms with Gasteiger partial charge in [-0.25, -0.2) is 25.6 Å². The second-order valence-electron chi connectivity index (χ2n) is 11.5. The number of alkyl halides is 1. The molecule has 228 valence electrons. The Morgan fingerprint density at radius 1 is 1.02 bits per heavy atom. The maximum absolute atomic E-state index is 14.9. The summed E-state index contributed by atoms with van der Waals surface area (Å²) in [5.74, 6) is 5.54. The van der Waals surface area contributed by atoms with Crippen LogP contribution in [0.15, 0.2) is 47.4 Å². The van der Waals surface area contributed by atoms with Gasteiger partial charge >= 0.3 is 0 Å². The van der Waals surface area contributed by atoms with Gasteiger partial charge in [0, 0.05) is 49.3 Å². The lowest BCUT2D eigenvalue weighted by atomic mass is 10.0. The average Bonchev–Trinajstić information content (AvgIpc) is 3.22. The fourth-order valence-corrected chi connectivity index (χ4v) is 6.24. The van der Waals surface area contributed by atoms with Crippen LogP contribution in [-0.4, -0.2) is 82.5 Å². The first-order valence-corrected chi connectivity index (χ1v) is 17.7. The van der Waals surface area contributed by atoms with E-state index in [4.69, 9.17) is 0 Å². The molecule has 0 amide bonds. The van der Waals surface area contributed by atoms with Crippen LogP contribution in [0, 0.1) is 17.7 Å². The summed E-state index contributed by atoms with van der Waals surface area (Å²) < 4.78 is 77.5. The number of hydrogen-bond acceptors (Lipinski definition) is 7. The predicted octanol–water partition coefficient (Wildman–Crippen LogP) is 4.32. The second kappa shape index (κ2) is 12.6. The molecule has 12 heteroatoms. The van der Waals surface area contributed by atoms with Gasteiger partial charge in [0.1, 0.15) is 21.3 Å². The Morgan fingerprint density at radius 2 is 1.74 bits per heavy atom. The molecule has 0 saturated carbocycles. The lowest BCUT2D eigenvalue weighted by molar-refractivity contribution is 0.188. The third-order valence-electron chi connectivity index (χ3n) is 7.16. The van der Waals surface area contributed by atoms with Gasteiger partial charge in [-0.05, 0) is 69.0 Å². The number of fused-ring (bicyclic) bond motifs is 1. The van der Waals surface area contributed by atoms with Crippen molar-refractivity contribution in [3.63, 3.8) is 0 Å². The van der Waals surface area contributed by atoms with Crippen LogP contribution in [0.25, 0.3) is 10.9 Å². The Bertz CT molecular complexity index is 1710. The summed E-state index contributed by atoms with van der Waals surface area (Å²) in [4.78, 5) is 2.07. The molecule has 3 aromatic rings. The van der Waals surface area contributed by atoms with Gasteiger partial charge in [0.2, 0.25) is 0 Å². The Hall–Kier alpha value is -3.14. The van der Waals surface area contributed by atoms with Gasteiger partial charge in [-0.2, -0.15) is 0 Å².